The van der Waals surface area contributed by atoms with Gasteiger partial charge in [0.25, 0.3) is 11.8 Å². The molecule has 0 aromatic heterocycles. The number of nitrogens with zero attached hydrogens (tertiary/aromatic N) is 1. The second-order valence-corrected chi connectivity index (χ2v) is 7.61. The number of carbonyl (C=O) groups excluding carboxylic acids is 2. The molecule has 0 radical (unpaired) electrons. The minimum atomic E-state index is -0.404. The van der Waals surface area contributed by atoms with Crippen LogP contribution < -0.4 is 29.7 Å². The molecule has 0 bridgehead atoms. The van der Waals surface area contributed by atoms with Gasteiger partial charge in [-0.05, 0) is 67.9 Å². The Morgan fingerprint density at radius 1 is 0.861 bits per heavy atom. The Hall–Kier alpha value is -4.53. The Balaban J connectivity index is 1.57. The number of ether oxygens (including phenoxy) is 4. The van der Waals surface area contributed by atoms with E-state index in [1.165, 1.54) is 20.4 Å². The van der Waals surface area contributed by atoms with Crippen molar-refractivity contribution < 1.29 is 28.5 Å². The van der Waals surface area contributed by atoms with Crippen LogP contribution in [0.25, 0.3) is 0 Å². The second-order valence-electron chi connectivity index (χ2n) is 7.61. The standard InChI is InChI=1S/C27H29N3O6/c1-5-35-22-13-9-20(15-25(22)34-4)27(32)30-28-16-19-8-12-23(24(14-19)33-3)36-17-26(31)29-21-10-6-18(2)7-11-21/h6-16H,5,17H2,1-4H3,(H,29,31)(H,30,32)/b28-16+. The molecule has 0 atom stereocenters. The number of rotatable bonds is 11. The number of hydrazone groups is 1. The predicted molar refractivity (Wildman–Crippen MR) is 138 cm³/mol. The molecule has 0 fully saturated rings. The number of methoxy groups -OCH3 is 2. The fraction of sp³-hybridized carbons (Fsp3) is 0.222. The van der Waals surface area contributed by atoms with Crippen molar-refractivity contribution in [2.75, 3.05) is 32.8 Å². The van der Waals surface area contributed by atoms with Gasteiger partial charge in [-0.25, -0.2) is 5.43 Å². The van der Waals surface area contributed by atoms with Crippen molar-refractivity contribution in [2.24, 2.45) is 5.10 Å². The van der Waals surface area contributed by atoms with Gasteiger partial charge in [-0.2, -0.15) is 5.10 Å². The lowest BCUT2D eigenvalue weighted by Crippen LogP contribution is -2.20. The Labute approximate surface area is 210 Å². The van der Waals surface area contributed by atoms with Crippen LogP contribution >= 0.6 is 0 Å². The van der Waals surface area contributed by atoms with Crippen LogP contribution in [0.3, 0.4) is 0 Å². The molecule has 2 amide bonds. The first-order valence-corrected chi connectivity index (χ1v) is 11.2. The Bertz CT molecular complexity index is 1220. The third-order valence-electron chi connectivity index (χ3n) is 4.99. The van der Waals surface area contributed by atoms with Gasteiger partial charge in [-0.1, -0.05) is 17.7 Å². The maximum Gasteiger partial charge on any atom is 0.271 e. The lowest BCUT2D eigenvalue weighted by atomic mass is 10.2. The molecule has 0 heterocycles. The first-order valence-electron chi connectivity index (χ1n) is 11.2. The van der Waals surface area contributed by atoms with Crippen LogP contribution in [-0.4, -0.2) is 45.5 Å². The van der Waals surface area contributed by atoms with Gasteiger partial charge in [0.1, 0.15) is 0 Å². The lowest BCUT2D eigenvalue weighted by Gasteiger charge is -2.11. The maximum absolute atomic E-state index is 12.4. The largest absolute Gasteiger partial charge is 0.493 e. The fourth-order valence-electron chi connectivity index (χ4n) is 3.17. The van der Waals surface area contributed by atoms with E-state index in [4.69, 9.17) is 18.9 Å². The third kappa shape index (κ3) is 7.23. The van der Waals surface area contributed by atoms with Crippen LogP contribution in [0.15, 0.2) is 65.8 Å². The minimum absolute atomic E-state index is 0.181. The number of anilines is 1. The van der Waals surface area contributed by atoms with Crippen LogP contribution in [-0.2, 0) is 4.79 Å². The molecule has 9 nitrogen and oxygen atoms in total. The van der Waals surface area contributed by atoms with E-state index in [2.05, 4.69) is 15.8 Å². The average molecular weight is 492 g/mol. The molecule has 0 saturated heterocycles. The van der Waals surface area contributed by atoms with Crippen molar-refractivity contribution in [2.45, 2.75) is 13.8 Å². The number of hydrogen-bond donors (Lipinski definition) is 2. The van der Waals surface area contributed by atoms with E-state index in [1.54, 1.807) is 36.4 Å². The second kappa shape index (κ2) is 12.8. The molecule has 3 aromatic rings. The van der Waals surface area contributed by atoms with Crippen molar-refractivity contribution in [1.29, 1.82) is 0 Å². The Kier molecular flexibility index (Phi) is 9.27. The summed E-state index contributed by atoms with van der Waals surface area (Å²) in [6, 6.07) is 17.4. The van der Waals surface area contributed by atoms with Gasteiger partial charge in [-0.3, -0.25) is 9.59 Å². The van der Waals surface area contributed by atoms with Crippen molar-refractivity contribution in [3.8, 4) is 23.0 Å². The number of aryl methyl sites for hydroxylation is 1. The maximum atomic E-state index is 12.4. The van der Waals surface area contributed by atoms with Gasteiger partial charge in [0.2, 0.25) is 0 Å². The van der Waals surface area contributed by atoms with Crippen LogP contribution in [0.2, 0.25) is 0 Å². The van der Waals surface area contributed by atoms with E-state index < -0.39 is 5.91 Å². The van der Waals surface area contributed by atoms with E-state index in [-0.39, 0.29) is 12.5 Å². The smallest absolute Gasteiger partial charge is 0.271 e. The van der Waals surface area contributed by atoms with Gasteiger partial charge in [0.05, 0.1) is 27.0 Å². The highest BCUT2D eigenvalue weighted by Gasteiger charge is 2.11. The summed E-state index contributed by atoms with van der Waals surface area (Å²) in [6.07, 6.45) is 1.47. The first kappa shape index (κ1) is 26.1. The van der Waals surface area contributed by atoms with E-state index in [9.17, 15) is 9.59 Å². The predicted octanol–water partition coefficient (Wildman–Crippen LogP) is 4.19. The molecular formula is C27H29N3O6. The summed E-state index contributed by atoms with van der Waals surface area (Å²) >= 11 is 0. The Morgan fingerprint density at radius 2 is 1.53 bits per heavy atom. The topological polar surface area (TPSA) is 107 Å². The fourth-order valence-corrected chi connectivity index (χ4v) is 3.17. The minimum Gasteiger partial charge on any atom is -0.493 e. The van der Waals surface area contributed by atoms with Crippen molar-refractivity contribution in [3.63, 3.8) is 0 Å². The normalized spacial score (nSPS) is 10.6. The summed E-state index contributed by atoms with van der Waals surface area (Å²) in [5.41, 5.74) is 5.31. The highest BCUT2D eigenvalue weighted by Crippen LogP contribution is 2.29. The molecule has 0 aliphatic heterocycles. The van der Waals surface area contributed by atoms with Crippen molar-refractivity contribution in [1.82, 2.24) is 5.43 Å². The monoisotopic (exact) mass is 491 g/mol. The molecule has 0 spiro atoms. The zero-order valence-corrected chi connectivity index (χ0v) is 20.7. The zero-order chi connectivity index (χ0) is 25.9. The summed E-state index contributed by atoms with van der Waals surface area (Å²) < 4.78 is 21.7. The Morgan fingerprint density at radius 3 is 2.22 bits per heavy atom. The molecule has 9 heteroatoms. The molecule has 3 rings (SSSR count). The number of hydrogen-bond acceptors (Lipinski definition) is 7. The number of amides is 2. The molecule has 0 aliphatic carbocycles. The molecule has 2 N–H and O–H groups in total. The van der Waals surface area contributed by atoms with Gasteiger partial charge in [0, 0.05) is 11.3 Å². The average Bonchev–Trinajstić information content (AvgIpc) is 2.89. The van der Waals surface area contributed by atoms with Gasteiger partial charge in [-0.15, -0.1) is 0 Å². The third-order valence-corrected chi connectivity index (χ3v) is 4.99. The van der Waals surface area contributed by atoms with E-state index >= 15 is 0 Å². The van der Waals surface area contributed by atoms with Crippen molar-refractivity contribution in [3.05, 3.63) is 77.4 Å². The SMILES string of the molecule is CCOc1ccc(C(=O)N/N=C/c2ccc(OCC(=O)Nc3ccc(C)cc3)c(OC)c2)cc1OC. The van der Waals surface area contributed by atoms with Crippen LogP contribution in [0.5, 0.6) is 23.0 Å². The molecular weight excluding hydrogens is 462 g/mol. The van der Waals surface area contributed by atoms with Gasteiger partial charge >= 0.3 is 0 Å². The number of nitrogens with one attached hydrogen (secondary N) is 2. The lowest BCUT2D eigenvalue weighted by molar-refractivity contribution is -0.118. The first-order chi connectivity index (χ1) is 17.4. The summed E-state index contributed by atoms with van der Waals surface area (Å²) in [4.78, 5) is 24.6. The molecule has 0 saturated carbocycles. The highest BCUT2D eigenvalue weighted by molar-refractivity contribution is 5.95. The van der Waals surface area contributed by atoms with E-state index in [0.29, 0.717) is 46.4 Å². The van der Waals surface area contributed by atoms with Gasteiger partial charge < -0.3 is 24.3 Å². The molecule has 3 aromatic carbocycles. The molecule has 0 aliphatic rings. The number of benzene rings is 3. The van der Waals surface area contributed by atoms with Gasteiger partial charge in [0.15, 0.2) is 29.6 Å². The van der Waals surface area contributed by atoms with Crippen LogP contribution in [0.4, 0.5) is 5.69 Å². The zero-order valence-electron chi connectivity index (χ0n) is 20.7. The van der Waals surface area contributed by atoms with Crippen molar-refractivity contribution >= 4 is 23.7 Å². The summed E-state index contributed by atoms with van der Waals surface area (Å²) in [5.74, 6) is 1.15. The van der Waals surface area contributed by atoms with Crippen LogP contribution in [0.1, 0.15) is 28.4 Å². The van der Waals surface area contributed by atoms with E-state index in [1.807, 2.05) is 38.1 Å². The molecule has 0 unspecified atom stereocenters. The summed E-state index contributed by atoms with van der Waals surface area (Å²) in [5, 5.41) is 6.78. The quantitative estimate of drug-likeness (QED) is 0.308. The summed E-state index contributed by atoms with van der Waals surface area (Å²) in [7, 11) is 3.01. The molecule has 36 heavy (non-hydrogen) atoms. The highest BCUT2D eigenvalue weighted by atomic mass is 16.5. The number of carbonyl (C=O) groups is 2. The molecule has 188 valence electrons. The van der Waals surface area contributed by atoms with Crippen LogP contribution in [0, 0.1) is 6.92 Å². The van der Waals surface area contributed by atoms with E-state index in [0.717, 1.165) is 5.56 Å². The summed E-state index contributed by atoms with van der Waals surface area (Å²) in [6.45, 7) is 4.15.